The smallest absolute Gasteiger partial charge is 0.0662 e. The highest BCUT2D eigenvalue weighted by molar-refractivity contribution is 6.33. The van der Waals surface area contributed by atoms with Crippen molar-refractivity contribution in [3.63, 3.8) is 0 Å². The number of anilines is 6. The quantitative estimate of drug-likeness (QED) is 0.135. The van der Waals surface area contributed by atoms with Crippen LogP contribution in [0.25, 0.3) is 82.6 Å². The van der Waals surface area contributed by atoms with Gasteiger partial charge in [-0.3, -0.25) is 0 Å². The third-order valence-electron chi connectivity index (χ3n) is 13.8. The molecular formula is C66H43Cl2N3. The van der Waals surface area contributed by atoms with Gasteiger partial charge < -0.3 is 14.2 Å². The molecule has 2 heterocycles. The molecule has 0 aliphatic carbocycles. The van der Waals surface area contributed by atoms with Crippen molar-refractivity contribution >= 4 is 95.4 Å². The Morgan fingerprint density at radius 1 is 0.296 bits per heavy atom. The zero-order valence-electron chi connectivity index (χ0n) is 38.4. The fourth-order valence-corrected chi connectivity index (χ4v) is 11.2. The van der Waals surface area contributed by atoms with Crippen LogP contribution in [-0.2, 0) is 0 Å². The molecule has 0 aliphatic heterocycles. The summed E-state index contributed by atoms with van der Waals surface area (Å²) in [4.78, 5) is 4.94. The van der Waals surface area contributed by atoms with Crippen molar-refractivity contribution in [1.82, 2.24) is 4.40 Å². The summed E-state index contributed by atoms with van der Waals surface area (Å²) < 4.78 is 2.48. The first-order chi connectivity index (χ1) is 35.1. The Hall–Kier alpha value is -8.60. The summed E-state index contributed by atoms with van der Waals surface area (Å²) in [7, 11) is 0. The van der Waals surface area contributed by atoms with Gasteiger partial charge in [-0.15, -0.1) is 0 Å². The van der Waals surface area contributed by atoms with E-state index >= 15 is 0 Å². The van der Waals surface area contributed by atoms with Gasteiger partial charge in [0, 0.05) is 65.2 Å². The fraction of sp³-hybridized carbons (Fsp3) is 0. The van der Waals surface area contributed by atoms with E-state index in [1.165, 1.54) is 0 Å². The zero-order chi connectivity index (χ0) is 47.4. The van der Waals surface area contributed by atoms with Crippen molar-refractivity contribution in [3.05, 3.63) is 271 Å². The molecule has 0 spiro atoms. The molecule has 13 aromatic rings. The summed E-state index contributed by atoms with van der Waals surface area (Å²) in [5.74, 6) is 0. The first kappa shape index (κ1) is 42.5. The number of halogens is 2. The number of benzene rings is 11. The van der Waals surface area contributed by atoms with Gasteiger partial charge in [0.1, 0.15) is 0 Å². The number of hydrogen-bond donors (Lipinski definition) is 0. The van der Waals surface area contributed by atoms with Gasteiger partial charge in [0.2, 0.25) is 0 Å². The first-order valence-corrected chi connectivity index (χ1v) is 24.7. The maximum Gasteiger partial charge on any atom is 0.0662 e. The van der Waals surface area contributed by atoms with Gasteiger partial charge in [-0.2, -0.15) is 0 Å². The van der Waals surface area contributed by atoms with Gasteiger partial charge in [0.25, 0.3) is 0 Å². The van der Waals surface area contributed by atoms with Crippen LogP contribution >= 0.6 is 23.2 Å². The summed E-state index contributed by atoms with van der Waals surface area (Å²) in [6, 6.07) is 93.0. The maximum absolute atomic E-state index is 7.15. The van der Waals surface area contributed by atoms with Crippen LogP contribution in [0.4, 0.5) is 34.1 Å². The molecule has 0 amide bonds. The molecular weight excluding hydrogens is 906 g/mol. The van der Waals surface area contributed by atoms with E-state index in [1.54, 1.807) is 0 Å². The molecule has 11 aromatic carbocycles. The Bertz CT molecular complexity index is 3700. The van der Waals surface area contributed by atoms with E-state index in [0.717, 1.165) is 117 Å². The third kappa shape index (κ3) is 7.21. The average Bonchev–Trinajstić information content (AvgIpc) is 3.97. The second-order valence-corrected chi connectivity index (χ2v) is 18.8. The second kappa shape index (κ2) is 17.7. The molecule has 3 nitrogen and oxygen atoms in total. The molecule has 13 rings (SSSR count). The monoisotopic (exact) mass is 947 g/mol. The number of rotatable bonds is 10. The molecule has 5 heteroatoms. The molecule has 0 bridgehead atoms. The third-order valence-corrected chi connectivity index (χ3v) is 14.3. The lowest BCUT2D eigenvalue weighted by Gasteiger charge is -2.34. The number of hydrogen-bond acceptors (Lipinski definition) is 2. The Morgan fingerprint density at radius 3 is 0.972 bits per heavy atom. The molecule has 0 saturated carbocycles. The molecule has 0 N–H and O–H groups in total. The van der Waals surface area contributed by atoms with Crippen molar-refractivity contribution in [2.45, 2.75) is 0 Å². The Labute approximate surface area is 422 Å². The summed E-state index contributed by atoms with van der Waals surface area (Å²) in [5, 5.41) is 5.83. The second-order valence-electron chi connectivity index (χ2n) is 17.9. The predicted molar refractivity (Wildman–Crippen MR) is 302 cm³/mol. The average molecular weight is 949 g/mol. The lowest BCUT2D eigenvalue weighted by molar-refractivity contribution is 1.27. The number of fused-ring (bicyclic) bond motifs is 6. The van der Waals surface area contributed by atoms with E-state index < -0.39 is 0 Å². The lowest BCUT2D eigenvalue weighted by Crippen LogP contribution is -2.16. The minimum Gasteiger partial charge on any atom is -0.308 e. The van der Waals surface area contributed by atoms with Crippen LogP contribution in [0.15, 0.2) is 261 Å². The van der Waals surface area contributed by atoms with Crippen LogP contribution in [-0.4, -0.2) is 4.40 Å². The minimum atomic E-state index is 0.642. The molecule has 0 atom stereocenters. The van der Waals surface area contributed by atoms with Gasteiger partial charge in [0.05, 0.1) is 39.3 Å². The number of para-hydroxylation sites is 4. The highest BCUT2D eigenvalue weighted by Crippen LogP contribution is 2.57. The highest BCUT2D eigenvalue weighted by atomic mass is 35.5. The SMILES string of the molecule is Clc1cccc(N(c2c(-c3ccccc3)cccc2-c2ccccc2)c2cc(N(c3cccc(Cl)c3)c3c(-c4ccccc4)cccc3-c3ccccc3)c3c4ccccc4n4c5ccccc5c2c34)c1. The Kier molecular flexibility index (Phi) is 10.6. The van der Waals surface area contributed by atoms with Crippen LogP contribution in [0, 0.1) is 0 Å². The van der Waals surface area contributed by atoms with Crippen molar-refractivity contribution in [3.8, 4) is 44.5 Å². The standard InChI is InChI=1S/C66H43Cl2N3/c67-48-29-17-31-50(41-48)69(64-52(44-21-5-1-6-22-44)35-19-36-53(64)45-23-7-2-8-24-45)60-43-61(63-57-34-14-16-40-59(57)71-58-39-15-13-33-56(58)62(60)66(63)71)70(51-32-18-30-49(68)42-51)65-54(46-25-9-3-10-26-46)37-20-38-55(65)47-27-11-4-12-28-47/h1-43H. The van der Waals surface area contributed by atoms with E-state index in [0.29, 0.717) is 10.0 Å². The van der Waals surface area contributed by atoms with Crippen LogP contribution in [0.2, 0.25) is 10.0 Å². The van der Waals surface area contributed by atoms with E-state index in [-0.39, 0.29) is 0 Å². The van der Waals surface area contributed by atoms with Crippen LogP contribution < -0.4 is 9.80 Å². The van der Waals surface area contributed by atoms with Crippen molar-refractivity contribution in [1.29, 1.82) is 0 Å². The summed E-state index contributed by atoms with van der Waals surface area (Å²) in [6.07, 6.45) is 0. The van der Waals surface area contributed by atoms with E-state index in [2.05, 4.69) is 263 Å². The number of aromatic nitrogens is 1. The van der Waals surface area contributed by atoms with Crippen molar-refractivity contribution < 1.29 is 0 Å². The molecule has 0 saturated heterocycles. The summed E-state index contributed by atoms with van der Waals surface area (Å²) >= 11 is 14.3. The summed E-state index contributed by atoms with van der Waals surface area (Å²) in [5.41, 5.74) is 18.0. The van der Waals surface area contributed by atoms with E-state index in [4.69, 9.17) is 23.2 Å². The van der Waals surface area contributed by atoms with Gasteiger partial charge in [-0.05, 0) is 76.9 Å². The van der Waals surface area contributed by atoms with Crippen LogP contribution in [0.5, 0.6) is 0 Å². The largest absolute Gasteiger partial charge is 0.308 e. The van der Waals surface area contributed by atoms with Crippen molar-refractivity contribution in [2.75, 3.05) is 9.80 Å². The fourth-order valence-electron chi connectivity index (χ4n) is 10.9. The molecule has 0 fully saturated rings. The van der Waals surface area contributed by atoms with Crippen LogP contribution in [0.1, 0.15) is 0 Å². The molecule has 0 radical (unpaired) electrons. The van der Waals surface area contributed by atoms with Gasteiger partial charge in [0.15, 0.2) is 0 Å². The maximum atomic E-state index is 7.15. The lowest BCUT2D eigenvalue weighted by atomic mass is 9.92. The summed E-state index contributed by atoms with van der Waals surface area (Å²) in [6.45, 7) is 0. The predicted octanol–water partition coefficient (Wildman–Crippen LogP) is 19.8. The molecule has 336 valence electrons. The van der Waals surface area contributed by atoms with E-state index in [9.17, 15) is 0 Å². The zero-order valence-corrected chi connectivity index (χ0v) is 39.9. The highest BCUT2D eigenvalue weighted by Gasteiger charge is 2.32. The Balaban J connectivity index is 1.27. The van der Waals surface area contributed by atoms with Gasteiger partial charge in [-0.25, -0.2) is 0 Å². The van der Waals surface area contributed by atoms with Gasteiger partial charge >= 0.3 is 0 Å². The van der Waals surface area contributed by atoms with E-state index in [1.807, 2.05) is 12.1 Å². The number of nitrogens with zero attached hydrogens (tertiary/aromatic N) is 3. The normalized spacial score (nSPS) is 11.5. The van der Waals surface area contributed by atoms with Crippen molar-refractivity contribution in [2.24, 2.45) is 0 Å². The van der Waals surface area contributed by atoms with Crippen LogP contribution in [0.3, 0.4) is 0 Å². The minimum absolute atomic E-state index is 0.642. The molecule has 2 aromatic heterocycles. The topological polar surface area (TPSA) is 10.9 Å². The molecule has 0 aliphatic rings. The molecule has 71 heavy (non-hydrogen) atoms. The first-order valence-electron chi connectivity index (χ1n) is 23.9. The Morgan fingerprint density at radius 2 is 0.620 bits per heavy atom. The molecule has 0 unspecified atom stereocenters. The van der Waals surface area contributed by atoms with Gasteiger partial charge in [-0.1, -0.05) is 229 Å².